The van der Waals surface area contributed by atoms with E-state index in [9.17, 15) is 9.59 Å². The zero-order chi connectivity index (χ0) is 21.7. The molecule has 0 saturated heterocycles. The van der Waals surface area contributed by atoms with Crippen LogP contribution in [0, 0.1) is 0 Å². The van der Waals surface area contributed by atoms with Gasteiger partial charge in [0.25, 0.3) is 0 Å². The van der Waals surface area contributed by atoms with E-state index in [4.69, 9.17) is 9.47 Å². The summed E-state index contributed by atoms with van der Waals surface area (Å²) in [6.07, 6.45) is -0.458. The second kappa shape index (κ2) is 12.5. The number of aliphatic imine (C=N–C) groups is 1. The average molecular weight is 408 g/mol. The van der Waals surface area contributed by atoms with Gasteiger partial charge in [-0.05, 0) is 39.8 Å². The van der Waals surface area contributed by atoms with Crippen molar-refractivity contribution in [2.45, 2.75) is 40.2 Å². The Bertz CT molecular complexity index is 686. The molecule has 0 fully saturated rings. The van der Waals surface area contributed by atoms with Crippen LogP contribution in [-0.4, -0.2) is 56.3 Å². The first-order valence-corrected chi connectivity index (χ1v) is 9.69. The van der Waals surface area contributed by atoms with Crippen LogP contribution >= 0.6 is 0 Å². The minimum absolute atomic E-state index is 0.128. The monoisotopic (exact) mass is 407 g/mol. The molecule has 2 amide bonds. The average Bonchev–Trinajstić information content (AvgIpc) is 2.60. The van der Waals surface area contributed by atoms with Crippen LogP contribution < -0.4 is 26.0 Å². The fraction of sp³-hybridized carbons (Fsp3) is 0.550. The first-order valence-electron chi connectivity index (χ1n) is 9.69. The van der Waals surface area contributed by atoms with Crippen LogP contribution in [0.3, 0.4) is 0 Å². The van der Waals surface area contributed by atoms with Gasteiger partial charge in [-0.25, -0.2) is 4.79 Å². The summed E-state index contributed by atoms with van der Waals surface area (Å²) in [6, 6.07) is 7.21. The fourth-order valence-electron chi connectivity index (χ4n) is 2.19. The van der Waals surface area contributed by atoms with Crippen LogP contribution in [0.5, 0.6) is 5.75 Å². The molecule has 1 rings (SSSR count). The van der Waals surface area contributed by atoms with E-state index >= 15 is 0 Å². The van der Waals surface area contributed by atoms with Crippen LogP contribution in [0.2, 0.25) is 0 Å². The number of nitrogens with one attached hydrogen (secondary N) is 4. The topological polar surface area (TPSA) is 113 Å². The van der Waals surface area contributed by atoms with Crippen molar-refractivity contribution in [3.05, 3.63) is 24.3 Å². The number of guanidine groups is 1. The van der Waals surface area contributed by atoms with Crippen LogP contribution in [0.15, 0.2) is 29.3 Å². The highest BCUT2D eigenvalue weighted by Crippen LogP contribution is 2.17. The summed E-state index contributed by atoms with van der Waals surface area (Å²) in [5.41, 5.74) is 0.168. The molecule has 0 heterocycles. The van der Waals surface area contributed by atoms with Gasteiger partial charge in [0.15, 0.2) is 5.96 Å². The number of alkyl carbamates (subject to hydrolysis) is 1. The van der Waals surface area contributed by atoms with Gasteiger partial charge in [0, 0.05) is 31.8 Å². The molecule has 162 valence electrons. The summed E-state index contributed by atoms with van der Waals surface area (Å²) in [6.45, 7) is 11.3. The van der Waals surface area contributed by atoms with Gasteiger partial charge in [0.05, 0.1) is 13.1 Å². The molecule has 4 N–H and O–H groups in total. The fourth-order valence-corrected chi connectivity index (χ4v) is 2.19. The molecule has 0 aliphatic carbocycles. The number of carbonyl (C=O) groups is 2. The molecular weight excluding hydrogens is 374 g/mol. The quantitative estimate of drug-likeness (QED) is 0.283. The molecular formula is C20H33N5O4. The molecule has 29 heavy (non-hydrogen) atoms. The standard InChI is InChI=1S/C20H33N5O4/c1-6-21-18(22-10-11-24-19(27)29-20(3,4)5)23-12-13-28-17-9-7-8-16(14-17)25-15(2)26/h7-9,14H,6,10-13H2,1-5H3,(H,24,27)(H,25,26)(H2,21,22,23). The Balaban J connectivity index is 2.36. The number of hydrogen-bond acceptors (Lipinski definition) is 5. The normalized spacial score (nSPS) is 11.4. The summed E-state index contributed by atoms with van der Waals surface area (Å²) < 4.78 is 10.9. The number of anilines is 1. The summed E-state index contributed by atoms with van der Waals surface area (Å²) in [5.74, 6) is 1.17. The van der Waals surface area contributed by atoms with Crippen LogP contribution in [0.4, 0.5) is 10.5 Å². The molecule has 0 saturated carbocycles. The molecule has 0 radical (unpaired) electrons. The van der Waals surface area contributed by atoms with Gasteiger partial charge in [-0.3, -0.25) is 9.79 Å². The zero-order valence-corrected chi connectivity index (χ0v) is 17.9. The molecule has 0 atom stereocenters. The maximum atomic E-state index is 11.6. The molecule has 0 spiro atoms. The maximum Gasteiger partial charge on any atom is 0.407 e. The third-order valence-electron chi connectivity index (χ3n) is 3.21. The second-order valence-electron chi connectivity index (χ2n) is 7.17. The summed E-state index contributed by atoms with van der Waals surface area (Å²) >= 11 is 0. The van der Waals surface area contributed by atoms with E-state index in [-0.39, 0.29) is 5.91 Å². The SMILES string of the molecule is CCNC(=NCCNC(=O)OC(C)(C)C)NCCOc1cccc(NC(C)=O)c1. The molecule has 0 aliphatic rings. The Morgan fingerprint density at radius 2 is 1.86 bits per heavy atom. The lowest BCUT2D eigenvalue weighted by molar-refractivity contribution is -0.114. The van der Waals surface area contributed by atoms with E-state index in [2.05, 4.69) is 26.3 Å². The third-order valence-corrected chi connectivity index (χ3v) is 3.21. The lowest BCUT2D eigenvalue weighted by Gasteiger charge is -2.19. The lowest BCUT2D eigenvalue weighted by atomic mass is 10.2. The summed E-state index contributed by atoms with van der Waals surface area (Å²) in [4.78, 5) is 27.1. The van der Waals surface area contributed by atoms with Crippen molar-refractivity contribution in [1.29, 1.82) is 0 Å². The highest BCUT2D eigenvalue weighted by atomic mass is 16.6. The third kappa shape index (κ3) is 12.2. The Labute approximate surface area is 172 Å². The Hall–Kier alpha value is -2.97. The van der Waals surface area contributed by atoms with Gasteiger partial charge in [-0.2, -0.15) is 0 Å². The molecule has 0 aliphatic heterocycles. The second-order valence-corrected chi connectivity index (χ2v) is 7.17. The van der Waals surface area contributed by atoms with Gasteiger partial charge < -0.3 is 30.7 Å². The Kier molecular flexibility index (Phi) is 10.4. The minimum Gasteiger partial charge on any atom is -0.492 e. The Morgan fingerprint density at radius 1 is 1.10 bits per heavy atom. The van der Waals surface area contributed by atoms with Gasteiger partial charge in [0.2, 0.25) is 5.91 Å². The van der Waals surface area contributed by atoms with Gasteiger partial charge in [0.1, 0.15) is 18.0 Å². The first-order chi connectivity index (χ1) is 13.7. The number of hydrogen-bond donors (Lipinski definition) is 4. The highest BCUT2D eigenvalue weighted by Gasteiger charge is 2.15. The molecule has 1 aromatic carbocycles. The highest BCUT2D eigenvalue weighted by molar-refractivity contribution is 5.88. The van der Waals surface area contributed by atoms with Crippen LogP contribution in [0.1, 0.15) is 34.6 Å². The number of benzene rings is 1. The lowest BCUT2D eigenvalue weighted by Crippen LogP contribution is -2.40. The predicted molar refractivity (Wildman–Crippen MR) is 114 cm³/mol. The van der Waals surface area contributed by atoms with Crippen LogP contribution in [0.25, 0.3) is 0 Å². The van der Waals surface area contributed by atoms with Gasteiger partial charge in [-0.1, -0.05) is 6.07 Å². The van der Waals surface area contributed by atoms with E-state index in [0.29, 0.717) is 50.2 Å². The predicted octanol–water partition coefficient (Wildman–Crippen LogP) is 2.10. The van der Waals surface area contributed by atoms with Crippen molar-refractivity contribution >= 4 is 23.6 Å². The van der Waals surface area contributed by atoms with Crippen molar-refractivity contribution in [2.24, 2.45) is 4.99 Å². The van der Waals surface area contributed by atoms with E-state index in [0.717, 1.165) is 0 Å². The number of amides is 2. The number of nitrogens with zero attached hydrogens (tertiary/aromatic N) is 1. The van der Waals surface area contributed by atoms with Crippen molar-refractivity contribution in [3.63, 3.8) is 0 Å². The van der Waals surface area contributed by atoms with Crippen molar-refractivity contribution in [2.75, 3.05) is 38.1 Å². The van der Waals surface area contributed by atoms with E-state index in [1.807, 2.05) is 39.8 Å². The smallest absolute Gasteiger partial charge is 0.407 e. The number of carbonyl (C=O) groups excluding carboxylic acids is 2. The molecule has 0 aromatic heterocycles. The summed E-state index contributed by atoms with van der Waals surface area (Å²) in [7, 11) is 0. The Morgan fingerprint density at radius 3 is 2.52 bits per heavy atom. The molecule has 9 nitrogen and oxygen atoms in total. The van der Waals surface area contributed by atoms with E-state index in [1.54, 1.807) is 12.1 Å². The van der Waals surface area contributed by atoms with Crippen molar-refractivity contribution in [3.8, 4) is 5.75 Å². The first kappa shape index (κ1) is 24.1. The molecule has 0 bridgehead atoms. The molecule has 1 aromatic rings. The van der Waals surface area contributed by atoms with Crippen molar-refractivity contribution in [1.82, 2.24) is 16.0 Å². The number of rotatable bonds is 9. The molecule has 0 unspecified atom stereocenters. The van der Waals surface area contributed by atoms with E-state index in [1.165, 1.54) is 6.92 Å². The summed E-state index contributed by atoms with van der Waals surface area (Å²) in [5, 5.41) is 11.7. The van der Waals surface area contributed by atoms with Crippen molar-refractivity contribution < 1.29 is 19.1 Å². The van der Waals surface area contributed by atoms with Crippen LogP contribution in [-0.2, 0) is 9.53 Å². The maximum absolute atomic E-state index is 11.6. The zero-order valence-electron chi connectivity index (χ0n) is 17.9. The minimum atomic E-state index is -0.522. The van der Waals surface area contributed by atoms with E-state index < -0.39 is 11.7 Å². The number of ether oxygens (including phenoxy) is 2. The largest absolute Gasteiger partial charge is 0.492 e. The van der Waals surface area contributed by atoms with Gasteiger partial charge >= 0.3 is 6.09 Å². The molecule has 9 heteroatoms. The van der Waals surface area contributed by atoms with Gasteiger partial charge in [-0.15, -0.1) is 0 Å².